The third kappa shape index (κ3) is 9.59. The largest absolute Gasteiger partial charge is 0.397 e. The molecule has 9 nitrogen and oxygen atoms in total. The lowest BCUT2D eigenvalue weighted by Gasteiger charge is -2.09. The minimum absolute atomic E-state index is 0.0333. The molecule has 0 amide bonds. The quantitative estimate of drug-likeness (QED) is 0.216. The molecular weight excluding hydrogens is 372 g/mol. The average Bonchev–Trinajstić information content (AvgIpc) is 2.63. The van der Waals surface area contributed by atoms with Gasteiger partial charge in [0.15, 0.2) is 5.69 Å². The lowest BCUT2D eigenvalue weighted by molar-refractivity contribution is -0.904. The predicted octanol–water partition coefficient (Wildman–Crippen LogP) is 3.70. The number of nitro groups is 1. The molecule has 2 rings (SSSR count). The van der Waals surface area contributed by atoms with Gasteiger partial charge in [-0.25, -0.2) is 0 Å². The molecule has 0 aliphatic rings. The standard InChI is InChI=1S/C10H16N3O3.C10H17N3/c1-8(2)3-5-11-9-7-12(14)6-4-10(9)13(15)16;1-8(2)3-6-13-10-7-12-5-4-9(10)11/h4,6-8,11,14H,3,5H2,1-2H3;4-5,7-8,13H,3,6H2,1-2H3,(H2,11,12)/q+1;. The van der Waals surface area contributed by atoms with Crippen LogP contribution in [0.1, 0.15) is 40.5 Å². The van der Waals surface area contributed by atoms with E-state index < -0.39 is 4.92 Å². The topological polar surface area (TPSA) is 130 Å². The fourth-order valence-electron chi connectivity index (χ4n) is 2.32. The van der Waals surface area contributed by atoms with Crippen LogP contribution in [0.5, 0.6) is 0 Å². The molecule has 0 spiro atoms. The van der Waals surface area contributed by atoms with E-state index in [0.29, 0.717) is 24.1 Å². The van der Waals surface area contributed by atoms with Crippen LogP contribution in [0.15, 0.2) is 36.9 Å². The van der Waals surface area contributed by atoms with Crippen LogP contribution in [-0.2, 0) is 0 Å². The summed E-state index contributed by atoms with van der Waals surface area (Å²) in [6, 6.07) is 3.06. The van der Waals surface area contributed by atoms with Crippen LogP contribution < -0.4 is 21.1 Å². The molecule has 160 valence electrons. The van der Waals surface area contributed by atoms with Crippen molar-refractivity contribution in [3.05, 3.63) is 47.0 Å². The Morgan fingerprint density at radius 2 is 1.72 bits per heavy atom. The van der Waals surface area contributed by atoms with Gasteiger partial charge in [0.05, 0.1) is 28.6 Å². The monoisotopic (exact) mass is 405 g/mol. The Balaban J connectivity index is 0.000000296. The summed E-state index contributed by atoms with van der Waals surface area (Å²) in [5.41, 5.74) is 7.73. The first-order valence-electron chi connectivity index (χ1n) is 9.76. The highest BCUT2D eigenvalue weighted by atomic mass is 16.6. The second kappa shape index (κ2) is 12.4. The Morgan fingerprint density at radius 1 is 1.14 bits per heavy atom. The van der Waals surface area contributed by atoms with Crippen molar-refractivity contribution in [3.8, 4) is 0 Å². The number of hydrogen-bond acceptors (Lipinski definition) is 7. The summed E-state index contributed by atoms with van der Waals surface area (Å²) < 4.78 is 0.796. The maximum absolute atomic E-state index is 10.7. The third-order valence-electron chi connectivity index (χ3n) is 4.05. The van der Waals surface area contributed by atoms with Gasteiger partial charge in [-0.1, -0.05) is 27.7 Å². The van der Waals surface area contributed by atoms with Gasteiger partial charge < -0.3 is 16.4 Å². The van der Waals surface area contributed by atoms with Gasteiger partial charge in [-0.3, -0.25) is 20.3 Å². The number of aromatic nitrogens is 2. The first-order chi connectivity index (χ1) is 13.7. The molecule has 5 N–H and O–H groups in total. The van der Waals surface area contributed by atoms with Crippen LogP contribution >= 0.6 is 0 Å². The zero-order chi connectivity index (χ0) is 21.8. The zero-order valence-electron chi connectivity index (χ0n) is 17.6. The van der Waals surface area contributed by atoms with E-state index in [2.05, 4.69) is 43.3 Å². The van der Waals surface area contributed by atoms with Gasteiger partial charge in [-0.15, -0.1) is 0 Å². The number of nitrogen functional groups attached to an aromatic ring is 1. The number of nitrogens with one attached hydrogen (secondary N) is 2. The van der Waals surface area contributed by atoms with E-state index in [4.69, 9.17) is 5.73 Å². The number of pyridine rings is 2. The van der Waals surface area contributed by atoms with Crippen LogP contribution in [-0.4, -0.2) is 28.2 Å². The summed E-state index contributed by atoms with van der Waals surface area (Å²) in [5, 5.41) is 26.1. The van der Waals surface area contributed by atoms with Gasteiger partial charge in [-0.2, -0.15) is 0 Å². The predicted molar refractivity (Wildman–Crippen MR) is 115 cm³/mol. The second-order valence-corrected chi connectivity index (χ2v) is 7.56. The highest BCUT2D eigenvalue weighted by Gasteiger charge is 2.18. The molecule has 2 aromatic heterocycles. The maximum Gasteiger partial charge on any atom is 0.304 e. The molecule has 0 unspecified atom stereocenters. The van der Waals surface area contributed by atoms with E-state index in [1.807, 2.05) is 0 Å². The average molecular weight is 406 g/mol. The first-order valence-corrected chi connectivity index (χ1v) is 9.76. The molecule has 2 heterocycles. The molecule has 0 saturated heterocycles. The normalized spacial score (nSPS) is 10.4. The van der Waals surface area contributed by atoms with Crippen molar-refractivity contribution in [3.63, 3.8) is 0 Å². The lowest BCUT2D eigenvalue weighted by atomic mass is 10.1. The lowest BCUT2D eigenvalue weighted by Crippen LogP contribution is -2.29. The summed E-state index contributed by atoms with van der Waals surface area (Å²) in [5.74, 6) is 1.24. The van der Waals surface area contributed by atoms with Crippen molar-refractivity contribution in [2.75, 3.05) is 29.5 Å². The summed E-state index contributed by atoms with van der Waals surface area (Å²) >= 11 is 0. The fourth-order valence-corrected chi connectivity index (χ4v) is 2.32. The SMILES string of the molecule is CC(C)CCNc1c[n+](O)ccc1[N+](=O)[O-].CC(C)CCNc1cnccc1N. The minimum Gasteiger partial charge on any atom is -0.397 e. The van der Waals surface area contributed by atoms with Gasteiger partial charge in [0.2, 0.25) is 6.20 Å². The molecule has 9 heteroatoms. The second-order valence-electron chi connectivity index (χ2n) is 7.56. The van der Waals surface area contributed by atoms with Gasteiger partial charge in [-0.05, 0) is 30.7 Å². The van der Waals surface area contributed by atoms with Gasteiger partial charge in [0.25, 0.3) is 6.20 Å². The summed E-state index contributed by atoms with van der Waals surface area (Å²) in [6.07, 6.45) is 8.04. The summed E-state index contributed by atoms with van der Waals surface area (Å²) in [7, 11) is 0. The Morgan fingerprint density at radius 3 is 2.24 bits per heavy atom. The van der Waals surface area contributed by atoms with Gasteiger partial charge >= 0.3 is 5.69 Å². The maximum atomic E-state index is 10.7. The molecule has 0 aromatic carbocycles. The Bertz CT molecular complexity index is 768. The molecule has 0 saturated carbocycles. The Labute approximate surface area is 172 Å². The van der Waals surface area contributed by atoms with Gasteiger partial charge in [0.1, 0.15) is 0 Å². The molecule has 0 radical (unpaired) electrons. The molecule has 0 atom stereocenters. The van der Waals surface area contributed by atoms with E-state index in [-0.39, 0.29) is 5.69 Å². The van der Waals surface area contributed by atoms with Crippen LogP contribution in [0.4, 0.5) is 22.7 Å². The van der Waals surface area contributed by atoms with E-state index >= 15 is 0 Å². The summed E-state index contributed by atoms with van der Waals surface area (Å²) in [4.78, 5) is 14.2. The van der Waals surface area contributed by atoms with E-state index in [1.54, 1.807) is 18.5 Å². The highest BCUT2D eigenvalue weighted by molar-refractivity contribution is 5.64. The summed E-state index contributed by atoms with van der Waals surface area (Å²) in [6.45, 7) is 10.2. The molecule has 0 bridgehead atoms. The number of rotatable bonds is 9. The van der Waals surface area contributed by atoms with Crippen molar-refractivity contribution in [2.45, 2.75) is 40.5 Å². The molecule has 0 aliphatic carbocycles. The van der Waals surface area contributed by atoms with E-state index in [9.17, 15) is 15.3 Å². The Hall–Kier alpha value is -3.10. The number of hydrogen-bond donors (Lipinski definition) is 4. The van der Waals surface area contributed by atoms with Gasteiger partial charge in [0, 0.05) is 24.0 Å². The number of anilines is 3. The van der Waals surface area contributed by atoms with Crippen molar-refractivity contribution in [1.29, 1.82) is 0 Å². The third-order valence-corrected chi connectivity index (χ3v) is 4.05. The van der Waals surface area contributed by atoms with E-state index in [0.717, 1.165) is 35.5 Å². The van der Waals surface area contributed by atoms with Crippen molar-refractivity contribution in [1.82, 2.24) is 4.98 Å². The van der Waals surface area contributed by atoms with E-state index in [1.165, 1.54) is 18.5 Å². The molecule has 2 aromatic rings. The molecule has 0 fully saturated rings. The Kier molecular flexibility index (Phi) is 10.2. The van der Waals surface area contributed by atoms with Crippen molar-refractivity contribution < 1.29 is 14.9 Å². The van der Waals surface area contributed by atoms with Crippen LogP contribution in [0.25, 0.3) is 0 Å². The van der Waals surface area contributed by atoms with Crippen LogP contribution in [0, 0.1) is 22.0 Å². The first kappa shape index (κ1) is 23.9. The number of nitrogens with two attached hydrogens (primary N) is 1. The fraction of sp³-hybridized carbons (Fsp3) is 0.500. The zero-order valence-corrected chi connectivity index (χ0v) is 17.6. The van der Waals surface area contributed by atoms with Crippen molar-refractivity contribution >= 4 is 22.7 Å². The van der Waals surface area contributed by atoms with Crippen molar-refractivity contribution in [2.24, 2.45) is 11.8 Å². The van der Waals surface area contributed by atoms with Crippen LogP contribution in [0.3, 0.4) is 0 Å². The molecule has 0 aliphatic heterocycles. The smallest absolute Gasteiger partial charge is 0.304 e. The van der Waals surface area contributed by atoms with Crippen LogP contribution in [0.2, 0.25) is 0 Å². The number of nitrogens with zero attached hydrogens (tertiary/aromatic N) is 3. The minimum atomic E-state index is -0.474. The highest BCUT2D eigenvalue weighted by Crippen LogP contribution is 2.21. The molecular formula is C20H33N6O3+. The molecule has 29 heavy (non-hydrogen) atoms.